The predicted octanol–water partition coefficient (Wildman–Crippen LogP) is 2.20. The number of hydrogen-bond acceptors (Lipinski definition) is 7. The zero-order valence-electron chi connectivity index (χ0n) is 13.3. The van der Waals surface area contributed by atoms with E-state index in [1.165, 1.54) is 0 Å². The van der Waals surface area contributed by atoms with Crippen LogP contribution in [0.1, 0.15) is 12.6 Å². The number of piperazine rings is 1. The van der Waals surface area contributed by atoms with Crippen molar-refractivity contribution in [2.45, 2.75) is 13.0 Å². The number of para-hydroxylation sites is 2. The second kappa shape index (κ2) is 5.81. The molecule has 1 aliphatic heterocycles. The number of anilines is 2. The van der Waals surface area contributed by atoms with Crippen LogP contribution in [0.2, 0.25) is 0 Å². The van der Waals surface area contributed by atoms with Crippen LogP contribution >= 0.6 is 0 Å². The molecule has 3 aromatic rings. The summed E-state index contributed by atoms with van der Waals surface area (Å²) in [6, 6.07) is 10.7. The molecule has 0 radical (unpaired) electrons. The van der Waals surface area contributed by atoms with E-state index >= 15 is 0 Å². The zero-order valence-corrected chi connectivity index (χ0v) is 13.3. The highest BCUT2D eigenvalue weighted by Gasteiger charge is 2.29. The summed E-state index contributed by atoms with van der Waals surface area (Å²) >= 11 is 0. The summed E-state index contributed by atoms with van der Waals surface area (Å²) in [6.45, 7) is 4.32. The van der Waals surface area contributed by atoms with E-state index in [1.807, 2.05) is 24.3 Å². The minimum absolute atomic E-state index is 0.181. The van der Waals surface area contributed by atoms with Crippen molar-refractivity contribution in [3.8, 4) is 6.07 Å². The largest absolute Gasteiger partial charge is 0.423 e. The van der Waals surface area contributed by atoms with Crippen LogP contribution in [0.25, 0.3) is 11.1 Å². The molecule has 0 spiro atoms. The molecule has 0 saturated carbocycles. The number of fused-ring (bicyclic) bond motifs is 1. The Kier molecular flexibility index (Phi) is 3.50. The zero-order chi connectivity index (χ0) is 16.5. The molecule has 1 saturated heterocycles. The minimum Gasteiger partial charge on any atom is -0.423 e. The van der Waals surface area contributed by atoms with E-state index in [-0.39, 0.29) is 6.04 Å². The SMILES string of the molecule is C[C@H]1CN(c2nccnc2C#N)CCN1c1nc2ccccc2o1. The van der Waals surface area contributed by atoms with Crippen molar-refractivity contribution >= 4 is 22.9 Å². The molecule has 7 heteroatoms. The predicted molar refractivity (Wildman–Crippen MR) is 89.8 cm³/mol. The molecule has 4 rings (SSSR count). The Morgan fingerprint density at radius 3 is 2.83 bits per heavy atom. The van der Waals surface area contributed by atoms with E-state index in [4.69, 9.17) is 4.42 Å². The molecule has 1 fully saturated rings. The molecule has 2 aromatic heterocycles. The van der Waals surface area contributed by atoms with Crippen molar-refractivity contribution in [3.63, 3.8) is 0 Å². The second-order valence-corrected chi connectivity index (χ2v) is 5.79. The van der Waals surface area contributed by atoms with E-state index in [0.29, 0.717) is 17.5 Å². The fourth-order valence-electron chi connectivity index (χ4n) is 3.06. The fourth-order valence-corrected chi connectivity index (χ4v) is 3.06. The van der Waals surface area contributed by atoms with Gasteiger partial charge in [-0.3, -0.25) is 0 Å². The lowest BCUT2D eigenvalue weighted by Gasteiger charge is -2.39. The molecule has 0 unspecified atom stereocenters. The van der Waals surface area contributed by atoms with Gasteiger partial charge in [-0.05, 0) is 19.1 Å². The highest BCUT2D eigenvalue weighted by molar-refractivity contribution is 5.74. The number of oxazole rings is 1. The van der Waals surface area contributed by atoms with E-state index in [1.54, 1.807) is 12.4 Å². The van der Waals surface area contributed by atoms with Crippen LogP contribution in [0.5, 0.6) is 0 Å². The van der Waals surface area contributed by atoms with Crippen molar-refractivity contribution in [2.24, 2.45) is 0 Å². The molecule has 3 heterocycles. The highest BCUT2D eigenvalue weighted by Crippen LogP contribution is 2.26. The second-order valence-electron chi connectivity index (χ2n) is 5.79. The molecule has 0 aliphatic carbocycles. The van der Waals surface area contributed by atoms with E-state index < -0.39 is 0 Å². The Morgan fingerprint density at radius 1 is 1.21 bits per heavy atom. The van der Waals surface area contributed by atoms with E-state index in [2.05, 4.69) is 37.7 Å². The van der Waals surface area contributed by atoms with Crippen molar-refractivity contribution in [3.05, 3.63) is 42.4 Å². The van der Waals surface area contributed by atoms with Crippen LogP contribution in [-0.2, 0) is 0 Å². The fraction of sp³-hybridized carbons (Fsp3) is 0.294. The van der Waals surface area contributed by atoms with Crippen LogP contribution in [0.3, 0.4) is 0 Å². The molecule has 7 nitrogen and oxygen atoms in total. The lowest BCUT2D eigenvalue weighted by atomic mass is 10.2. The van der Waals surface area contributed by atoms with Gasteiger partial charge in [-0.2, -0.15) is 10.2 Å². The lowest BCUT2D eigenvalue weighted by Crippen LogP contribution is -2.52. The summed E-state index contributed by atoms with van der Waals surface area (Å²) in [7, 11) is 0. The molecule has 0 amide bonds. The third-order valence-electron chi connectivity index (χ3n) is 4.24. The molecule has 1 atom stereocenters. The van der Waals surface area contributed by atoms with Crippen molar-refractivity contribution < 1.29 is 4.42 Å². The lowest BCUT2D eigenvalue weighted by molar-refractivity contribution is 0.484. The summed E-state index contributed by atoms with van der Waals surface area (Å²) in [5, 5.41) is 9.21. The Balaban J connectivity index is 1.57. The van der Waals surface area contributed by atoms with Gasteiger partial charge in [0.25, 0.3) is 6.01 Å². The Morgan fingerprint density at radius 2 is 2.04 bits per heavy atom. The first-order chi connectivity index (χ1) is 11.8. The number of rotatable bonds is 2. The van der Waals surface area contributed by atoms with Gasteiger partial charge in [0.1, 0.15) is 11.6 Å². The summed E-state index contributed by atoms with van der Waals surface area (Å²) in [4.78, 5) is 17.2. The van der Waals surface area contributed by atoms with Gasteiger partial charge in [0.05, 0.1) is 0 Å². The maximum atomic E-state index is 9.21. The molecular formula is C17H16N6O. The van der Waals surface area contributed by atoms with Crippen LogP contribution in [0.4, 0.5) is 11.8 Å². The molecule has 1 aliphatic rings. The van der Waals surface area contributed by atoms with Crippen molar-refractivity contribution in [1.29, 1.82) is 5.26 Å². The molecule has 0 bridgehead atoms. The Labute approximate surface area is 139 Å². The summed E-state index contributed by atoms with van der Waals surface area (Å²) in [5.41, 5.74) is 2.02. The number of nitriles is 1. The quantitative estimate of drug-likeness (QED) is 0.716. The molecule has 0 N–H and O–H groups in total. The number of aromatic nitrogens is 3. The molecule has 120 valence electrons. The van der Waals surface area contributed by atoms with Crippen LogP contribution in [0, 0.1) is 11.3 Å². The standard InChI is InChI=1S/C17H16N6O/c1-12-11-22(16-14(10-18)19-6-7-20-16)8-9-23(12)17-21-13-4-2-3-5-15(13)24-17/h2-7,12H,8-9,11H2,1H3/t12-/m0/s1. The minimum atomic E-state index is 0.181. The topological polar surface area (TPSA) is 82.1 Å². The van der Waals surface area contributed by atoms with Crippen molar-refractivity contribution in [1.82, 2.24) is 15.0 Å². The van der Waals surface area contributed by atoms with Gasteiger partial charge in [0.15, 0.2) is 17.1 Å². The van der Waals surface area contributed by atoms with Crippen LogP contribution in [-0.4, -0.2) is 40.6 Å². The normalized spacial score (nSPS) is 17.9. The molecular weight excluding hydrogens is 304 g/mol. The third-order valence-corrected chi connectivity index (χ3v) is 4.24. The monoisotopic (exact) mass is 320 g/mol. The number of nitrogens with zero attached hydrogens (tertiary/aromatic N) is 6. The first-order valence-corrected chi connectivity index (χ1v) is 7.84. The van der Waals surface area contributed by atoms with Gasteiger partial charge in [0, 0.05) is 38.1 Å². The highest BCUT2D eigenvalue weighted by atomic mass is 16.4. The Hall–Kier alpha value is -3.14. The summed E-state index contributed by atoms with van der Waals surface area (Å²) in [6.07, 6.45) is 3.16. The van der Waals surface area contributed by atoms with Gasteiger partial charge in [-0.1, -0.05) is 12.1 Å². The maximum absolute atomic E-state index is 9.21. The average molecular weight is 320 g/mol. The Bertz CT molecular complexity index is 882. The van der Waals surface area contributed by atoms with Crippen LogP contribution in [0.15, 0.2) is 41.1 Å². The third kappa shape index (κ3) is 2.42. The molecule has 1 aromatic carbocycles. The van der Waals surface area contributed by atoms with Crippen molar-refractivity contribution in [2.75, 3.05) is 29.4 Å². The first-order valence-electron chi connectivity index (χ1n) is 7.84. The molecule has 24 heavy (non-hydrogen) atoms. The van der Waals surface area contributed by atoms with E-state index in [0.717, 1.165) is 30.7 Å². The average Bonchev–Trinajstić information content (AvgIpc) is 3.05. The maximum Gasteiger partial charge on any atom is 0.298 e. The first kappa shape index (κ1) is 14.5. The number of benzene rings is 1. The van der Waals surface area contributed by atoms with Gasteiger partial charge in [-0.15, -0.1) is 0 Å². The van der Waals surface area contributed by atoms with Gasteiger partial charge >= 0.3 is 0 Å². The van der Waals surface area contributed by atoms with Gasteiger partial charge < -0.3 is 14.2 Å². The van der Waals surface area contributed by atoms with Crippen LogP contribution < -0.4 is 9.80 Å². The summed E-state index contributed by atoms with van der Waals surface area (Å²) in [5.74, 6) is 0.643. The van der Waals surface area contributed by atoms with Gasteiger partial charge in [0.2, 0.25) is 0 Å². The summed E-state index contributed by atoms with van der Waals surface area (Å²) < 4.78 is 5.88. The van der Waals surface area contributed by atoms with E-state index in [9.17, 15) is 5.26 Å². The van der Waals surface area contributed by atoms with Gasteiger partial charge in [-0.25, -0.2) is 9.97 Å². The number of hydrogen-bond donors (Lipinski definition) is 0. The smallest absolute Gasteiger partial charge is 0.298 e.